The van der Waals surface area contributed by atoms with Crippen molar-refractivity contribution in [3.8, 4) is 5.75 Å². The van der Waals surface area contributed by atoms with Gasteiger partial charge in [-0.2, -0.15) is 0 Å². The zero-order valence-corrected chi connectivity index (χ0v) is 15.1. The van der Waals surface area contributed by atoms with Gasteiger partial charge in [-0.3, -0.25) is 9.59 Å². The van der Waals surface area contributed by atoms with Crippen LogP contribution in [0.1, 0.15) is 22.3 Å². The van der Waals surface area contributed by atoms with Crippen LogP contribution < -0.4 is 15.0 Å². The largest absolute Gasteiger partial charge is 0.495 e. The number of rotatable bonds is 5. The van der Waals surface area contributed by atoms with Gasteiger partial charge in [-0.25, -0.2) is 4.79 Å². The molecule has 0 spiro atoms. The minimum absolute atomic E-state index is 0.0615. The van der Waals surface area contributed by atoms with E-state index >= 15 is 0 Å². The summed E-state index contributed by atoms with van der Waals surface area (Å²) in [5, 5.41) is 11.8. The number of anilines is 2. The molecule has 0 aliphatic carbocycles. The maximum absolute atomic E-state index is 12.6. The summed E-state index contributed by atoms with van der Waals surface area (Å²) in [6.45, 7) is 2.26. The summed E-state index contributed by atoms with van der Waals surface area (Å²) in [5.74, 6) is -1.74. The fraction of sp³-hybridized carbons (Fsp3) is 0.250. The van der Waals surface area contributed by atoms with E-state index in [0.29, 0.717) is 12.2 Å². The molecule has 7 heteroatoms. The lowest BCUT2D eigenvalue weighted by Crippen LogP contribution is -2.28. The average molecular weight is 368 g/mol. The number of carboxylic acid groups (broad SMARTS) is 1. The third kappa shape index (κ3) is 3.92. The van der Waals surface area contributed by atoms with E-state index < -0.39 is 11.9 Å². The number of hydrogen-bond acceptors (Lipinski definition) is 4. The Bertz CT molecular complexity index is 892. The number of carbonyl (C=O) groups is 3. The van der Waals surface area contributed by atoms with Crippen LogP contribution in [0.2, 0.25) is 0 Å². The van der Waals surface area contributed by atoms with Gasteiger partial charge in [-0.15, -0.1) is 0 Å². The molecular weight excluding hydrogens is 348 g/mol. The molecule has 0 bridgehead atoms. The molecule has 27 heavy (non-hydrogen) atoms. The van der Waals surface area contributed by atoms with E-state index in [1.807, 2.05) is 31.2 Å². The van der Waals surface area contributed by atoms with Gasteiger partial charge in [0.1, 0.15) is 5.75 Å². The Balaban J connectivity index is 1.73. The number of amides is 2. The van der Waals surface area contributed by atoms with Gasteiger partial charge in [0, 0.05) is 18.7 Å². The summed E-state index contributed by atoms with van der Waals surface area (Å²) in [7, 11) is 1.40. The highest BCUT2D eigenvalue weighted by molar-refractivity contribution is 6.04. The number of aromatic carboxylic acids is 1. The molecule has 7 nitrogen and oxygen atoms in total. The number of nitrogens with one attached hydrogen (secondary N) is 1. The van der Waals surface area contributed by atoms with Crippen molar-refractivity contribution in [1.29, 1.82) is 0 Å². The van der Waals surface area contributed by atoms with Crippen LogP contribution in [0.3, 0.4) is 0 Å². The summed E-state index contributed by atoms with van der Waals surface area (Å²) in [5.41, 5.74) is 2.29. The van der Waals surface area contributed by atoms with Gasteiger partial charge >= 0.3 is 5.97 Å². The van der Waals surface area contributed by atoms with Crippen molar-refractivity contribution in [1.82, 2.24) is 0 Å². The first-order valence-corrected chi connectivity index (χ1v) is 8.48. The predicted octanol–water partition coefficient (Wildman–Crippen LogP) is 2.69. The summed E-state index contributed by atoms with van der Waals surface area (Å²) in [4.78, 5) is 37.6. The third-order valence-corrected chi connectivity index (χ3v) is 4.55. The fourth-order valence-corrected chi connectivity index (χ4v) is 3.02. The van der Waals surface area contributed by atoms with Gasteiger partial charge in [-0.1, -0.05) is 17.7 Å². The predicted molar refractivity (Wildman–Crippen MR) is 100 cm³/mol. The second-order valence-corrected chi connectivity index (χ2v) is 6.45. The van der Waals surface area contributed by atoms with Crippen LogP contribution in [0.4, 0.5) is 11.4 Å². The molecule has 1 fully saturated rings. The minimum Gasteiger partial charge on any atom is -0.495 e. The molecule has 1 heterocycles. The number of aryl methyl sites for hydroxylation is 1. The van der Waals surface area contributed by atoms with Crippen LogP contribution in [0.25, 0.3) is 0 Å². The van der Waals surface area contributed by atoms with Gasteiger partial charge in [0.05, 0.1) is 24.3 Å². The summed E-state index contributed by atoms with van der Waals surface area (Å²) in [6.07, 6.45) is 0.120. The Morgan fingerprint density at radius 1 is 1.19 bits per heavy atom. The van der Waals surface area contributed by atoms with Crippen molar-refractivity contribution in [2.24, 2.45) is 5.92 Å². The Kier molecular flexibility index (Phi) is 5.12. The molecule has 1 aliphatic heterocycles. The van der Waals surface area contributed by atoms with Crippen molar-refractivity contribution >= 4 is 29.2 Å². The highest BCUT2D eigenvalue weighted by Crippen LogP contribution is 2.29. The molecule has 1 atom stereocenters. The molecule has 1 unspecified atom stereocenters. The standard InChI is InChI=1S/C20H20N2O5/c1-12-3-6-15(7-4-12)22-11-14(10-18(22)23)19(24)21-16-8-5-13(20(25)26)9-17(16)27-2/h3-9,14H,10-11H2,1-2H3,(H,21,24)(H,25,26). The van der Waals surface area contributed by atoms with Crippen molar-refractivity contribution in [3.05, 3.63) is 53.6 Å². The van der Waals surface area contributed by atoms with E-state index in [2.05, 4.69) is 5.32 Å². The molecule has 0 saturated carbocycles. The summed E-state index contributed by atoms with van der Waals surface area (Å²) in [6, 6.07) is 11.8. The smallest absolute Gasteiger partial charge is 0.335 e. The van der Waals surface area contributed by atoms with E-state index in [0.717, 1.165) is 11.3 Å². The summed E-state index contributed by atoms with van der Waals surface area (Å²) < 4.78 is 5.17. The quantitative estimate of drug-likeness (QED) is 0.846. The lowest BCUT2D eigenvalue weighted by Gasteiger charge is -2.17. The molecule has 2 amide bonds. The normalized spacial score (nSPS) is 16.3. The van der Waals surface area contributed by atoms with Gasteiger partial charge in [0.15, 0.2) is 0 Å². The van der Waals surface area contributed by atoms with Crippen molar-refractivity contribution in [2.75, 3.05) is 23.9 Å². The molecule has 2 aromatic carbocycles. The molecule has 140 valence electrons. The Labute approximate surface area is 156 Å². The lowest BCUT2D eigenvalue weighted by atomic mass is 10.1. The van der Waals surface area contributed by atoms with Gasteiger partial charge in [0.2, 0.25) is 11.8 Å². The van der Waals surface area contributed by atoms with Crippen LogP contribution in [0.15, 0.2) is 42.5 Å². The number of benzene rings is 2. The monoisotopic (exact) mass is 368 g/mol. The van der Waals surface area contributed by atoms with E-state index in [-0.39, 0.29) is 29.5 Å². The SMILES string of the molecule is COc1cc(C(=O)O)ccc1NC(=O)C1CC(=O)N(c2ccc(C)cc2)C1. The minimum atomic E-state index is -1.08. The van der Waals surface area contributed by atoms with Crippen molar-refractivity contribution in [3.63, 3.8) is 0 Å². The highest BCUT2D eigenvalue weighted by atomic mass is 16.5. The van der Waals surface area contributed by atoms with Crippen LogP contribution >= 0.6 is 0 Å². The number of nitrogens with zero attached hydrogens (tertiary/aromatic N) is 1. The molecule has 2 N–H and O–H groups in total. The maximum atomic E-state index is 12.6. The Morgan fingerprint density at radius 3 is 2.52 bits per heavy atom. The number of carboxylic acids is 1. The number of methoxy groups -OCH3 is 1. The fourth-order valence-electron chi connectivity index (χ4n) is 3.02. The van der Waals surface area contributed by atoms with E-state index in [1.165, 1.54) is 25.3 Å². The second kappa shape index (κ2) is 7.49. The van der Waals surface area contributed by atoms with E-state index in [4.69, 9.17) is 9.84 Å². The van der Waals surface area contributed by atoms with Gasteiger partial charge in [-0.05, 0) is 37.3 Å². The van der Waals surface area contributed by atoms with Crippen LogP contribution in [0.5, 0.6) is 5.75 Å². The molecule has 1 saturated heterocycles. The van der Waals surface area contributed by atoms with E-state index in [1.54, 1.807) is 4.90 Å². The molecule has 0 radical (unpaired) electrons. The van der Waals surface area contributed by atoms with Crippen LogP contribution in [-0.4, -0.2) is 36.5 Å². The first kappa shape index (κ1) is 18.4. The zero-order valence-electron chi connectivity index (χ0n) is 15.1. The highest BCUT2D eigenvalue weighted by Gasteiger charge is 2.35. The third-order valence-electron chi connectivity index (χ3n) is 4.55. The van der Waals surface area contributed by atoms with Crippen molar-refractivity contribution in [2.45, 2.75) is 13.3 Å². The molecule has 0 aromatic heterocycles. The number of ether oxygens (including phenoxy) is 1. The maximum Gasteiger partial charge on any atom is 0.335 e. The number of hydrogen-bond donors (Lipinski definition) is 2. The van der Waals surface area contributed by atoms with Crippen molar-refractivity contribution < 1.29 is 24.2 Å². The Hall–Kier alpha value is -3.35. The molecular formula is C20H20N2O5. The molecule has 2 aromatic rings. The topological polar surface area (TPSA) is 95.9 Å². The summed E-state index contributed by atoms with van der Waals surface area (Å²) >= 11 is 0. The van der Waals surface area contributed by atoms with Crippen LogP contribution in [0, 0.1) is 12.8 Å². The zero-order chi connectivity index (χ0) is 19.6. The van der Waals surface area contributed by atoms with Gasteiger partial charge in [0.25, 0.3) is 0 Å². The van der Waals surface area contributed by atoms with E-state index in [9.17, 15) is 14.4 Å². The van der Waals surface area contributed by atoms with Gasteiger partial charge < -0.3 is 20.1 Å². The first-order chi connectivity index (χ1) is 12.9. The molecule has 3 rings (SSSR count). The first-order valence-electron chi connectivity index (χ1n) is 8.48. The van der Waals surface area contributed by atoms with Crippen LogP contribution in [-0.2, 0) is 9.59 Å². The Morgan fingerprint density at radius 2 is 1.89 bits per heavy atom. The lowest BCUT2D eigenvalue weighted by molar-refractivity contribution is -0.122. The average Bonchev–Trinajstić information content (AvgIpc) is 3.04. The molecule has 1 aliphatic rings. The second-order valence-electron chi connectivity index (χ2n) is 6.45. The number of carbonyl (C=O) groups excluding carboxylic acids is 2.